The maximum Gasteiger partial charge on any atom is 0.252 e. The fourth-order valence-corrected chi connectivity index (χ4v) is 2.43. The van der Waals surface area contributed by atoms with Gasteiger partial charge in [-0.3, -0.25) is 9.59 Å². The van der Waals surface area contributed by atoms with E-state index >= 15 is 0 Å². The summed E-state index contributed by atoms with van der Waals surface area (Å²) in [5.41, 5.74) is 1.84. The van der Waals surface area contributed by atoms with Crippen molar-refractivity contribution >= 4 is 16.8 Å². The molecule has 6 nitrogen and oxygen atoms in total. The summed E-state index contributed by atoms with van der Waals surface area (Å²) >= 11 is 0. The minimum Gasteiger partial charge on any atom is -0.481 e. The van der Waals surface area contributed by atoms with Crippen molar-refractivity contribution in [3.05, 3.63) is 70.1 Å². The zero-order valence-corrected chi connectivity index (χ0v) is 13.2. The molecule has 1 amide bonds. The van der Waals surface area contributed by atoms with Gasteiger partial charge in [0, 0.05) is 29.9 Å². The van der Waals surface area contributed by atoms with Crippen molar-refractivity contribution in [3.8, 4) is 5.88 Å². The fourth-order valence-electron chi connectivity index (χ4n) is 2.43. The smallest absolute Gasteiger partial charge is 0.252 e. The third-order valence-electron chi connectivity index (χ3n) is 3.68. The largest absolute Gasteiger partial charge is 0.481 e. The van der Waals surface area contributed by atoms with Crippen LogP contribution in [0.25, 0.3) is 10.9 Å². The summed E-state index contributed by atoms with van der Waals surface area (Å²) < 4.78 is 5.04. The highest BCUT2D eigenvalue weighted by molar-refractivity contribution is 5.82. The number of nitrogens with zero attached hydrogens (tertiary/aromatic N) is 1. The van der Waals surface area contributed by atoms with Crippen molar-refractivity contribution in [3.63, 3.8) is 0 Å². The van der Waals surface area contributed by atoms with Crippen LogP contribution in [0.1, 0.15) is 11.1 Å². The highest BCUT2D eigenvalue weighted by atomic mass is 16.5. The third-order valence-corrected chi connectivity index (χ3v) is 3.68. The number of amides is 1. The monoisotopic (exact) mass is 323 g/mol. The fraction of sp³-hybridized carbons (Fsp3) is 0.167. The molecule has 0 aliphatic carbocycles. The second-order valence-electron chi connectivity index (χ2n) is 5.37. The lowest BCUT2D eigenvalue weighted by Gasteiger charge is -2.07. The number of nitrogens with one attached hydrogen (secondary N) is 2. The highest BCUT2D eigenvalue weighted by Crippen LogP contribution is 2.11. The lowest BCUT2D eigenvalue weighted by atomic mass is 10.1. The van der Waals surface area contributed by atoms with Gasteiger partial charge in [0.05, 0.1) is 13.5 Å². The molecule has 0 spiro atoms. The van der Waals surface area contributed by atoms with Gasteiger partial charge in [-0.25, -0.2) is 4.98 Å². The summed E-state index contributed by atoms with van der Waals surface area (Å²) in [5.74, 6) is 0.277. The van der Waals surface area contributed by atoms with Crippen LogP contribution in [-0.4, -0.2) is 23.0 Å². The van der Waals surface area contributed by atoms with Gasteiger partial charge in [-0.05, 0) is 29.1 Å². The first-order valence-corrected chi connectivity index (χ1v) is 7.52. The maximum atomic E-state index is 12.1. The molecule has 0 bridgehead atoms. The number of hydrogen-bond donors (Lipinski definition) is 2. The van der Waals surface area contributed by atoms with Crippen LogP contribution in [0, 0.1) is 0 Å². The molecular formula is C18H17N3O3. The Kier molecular flexibility index (Phi) is 4.56. The topological polar surface area (TPSA) is 84.1 Å². The predicted octanol–water partition coefficient (Wildman–Crippen LogP) is 1.79. The molecular weight excluding hydrogens is 306 g/mol. The Morgan fingerprint density at radius 1 is 1.25 bits per heavy atom. The molecule has 0 saturated heterocycles. The van der Waals surface area contributed by atoms with Crippen molar-refractivity contribution in [2.75, 3.05) is 7.11 Å². The van der Waals surface area contributed by atoms with E-state index in [9.17, 15) is 9.59 Å². The minimum atomic E-state index is -0.241. The molecule has 122 valence electrons. The molecule has 3 rings (SSSR count). The Labute approximate surface area is 138 Å². The zero-order chi connectivity index (χ0) is 16.9. The molecule has 24 heavy (non-hydrogen) atoms. The first-order valence-electron chi connectivity index (χ1n) is 7.52. The number of aromatic nitrogens is 2. The number of carbonyl (C=O) groups is 1. The standard InChI is InChI=1S/C18H17N3O3/c1-24-17-8-12(6-7-19-17)11-20-16(22)10-14-9-13-4-2-3-5-15(13)21-18(14)23/h2-9H,10-11H2,1H3,(H,20,22)(H,21,23). The van der Waals surface area contributed by atoms with Crippen LogP contribution in [0.2, 0.25) is 0 Å². The van der Waals surface area contributed by atoms with Crippen LogP contribution in [-0.2, 0) is 17.8 Å². The lowest BCUT2D eigenvalue weighted by Crippen LogP contribution is -2.27. The van der Waals surface area contributed by atoms with Crippen LogP contribution in [0.15, 0.2) is 53.5 Å². The van der Waals surface area contributed by atoms with Gasteiger partial charge in [0.25, 0.3) is 5.56 Å². The van der Waals surface area contributed by atoms with Gasteiger partial charge < -0.3 is 15.0 Å². The number of carbonyl (C=O) groups excluding carboxylic acids is 1. The molecule has 0 atom stereocenters. The summed E-state index contributed by atoms with van der Waals surface area (Å²) in [6, 6.07) is 12.8. The number of rotatable bonds is 5. The van der Waals surface area contributed by atoms with E-state index in [0.717, 1.165) is 16.5 Å². The number of hydrogen-bond acceptors (Lipinski definition) is 4. The number of benzene rings is 1. The van der Waals surface area contributed by atoms with Gasteiger partial charge >= 0.3 is 0 Å². The molecule has 3 aromatic rings. The van der Waals surface area contributed by atoms with Gasteiger partial charge in [-0.2, -0.15) is 0 Å². The molecule has 0 radical (unpaired) electrons. The van der Waals surface area contributed by atoms with Crippen LogP contribution in [0.3, 0.4) is 0 Å². The van der Waals surface area contributed by atoms with Crippen molar-refractivity contribution in [2.24, 2.45) is 0 Å². The van der Waals surface area contributed by atoms with Crippen LogP contribution in [0.4, 0.5) is 0 Å². The Morgan fingerprint density at radius 3 is 2.92 bits per heavy atom. The van der Waals surface area contributed by atoms with Gasteiger partial charge in [-0.1, -0.05) is 18.2 Å². The van der Waals surface area contributed by atoms with Crippen molar-refractivity contribution in [2.45, 2.75) is 13.0 Å². The normalized spacial score (nSPS) is 10.5. The zero-order valence-electron chi connectivity index (χ0n) is 13.2. The molecule has 2 N–H and O–H groups in total. The Balaban J connectivity index is 1.68. The second-order valence-corrected chi connectivity index (χ2v) is 5.37. The Hall–Kier alpha value is -3.15. The quantitative estimate of drug-likeness (QED) is 0.750. The molecule has 2 heterocycles. The first kappa shape index (κ1) is 15.7. The highest BCUT2D eigenvalue weighted by Gasteiger charge is 2.09. The summed E-state index contributed by atoms with van der Waals surface area (Å²) in [6.45, 7) is 0.350. The first-order chi connectivity index (χ1) is 11.7. The average Bonchev–Trinajstić information content (AvgIpc) is 2.61. The maximum absolute atomic E-state index is 12.1. The van der Waals surface area contributed by atoms with E-state index in [1.807, 2.05) is 24.3 Å². The van der Waals surface area contributed by atoms with Gasteiger partial charge in [-0.15, -0.1) is 0 Å². The molecule has 0 fully saturated rings. The van der Waals surface area contributed by atoms with Gasteiger partial charge in [0.2, 0.25) is 11.8 Å². The number of pyridine rings is 2. The molecule has 0 unspecified atom stereocenters. The molecule has 0 aliphatic heterocycles. The van der Waals surface area contributed by atoms with E-state index in [4.69, 9.17) is 4.74 Å². The van der Waals surface area contributed by atoms with Crippen molar-refractivity contribution < 1.29 is 9.53 Å². The summed E-state index contributed by atoms with van der Waals surface area (Å²) in [6.07, 6.45) is 1.65. The molecule has 0 aliphatic rings. The number of H-pyrrole nitrogens is 1. The Bertz CT molecular complexity index is 934. The third kappa shape index (κ3) is 3.60. The number of para-hydroxylation sites is 1. The Morgan fingerprint density at radius 2 is 2.08 bits per heavy atom. The van der Waals surface area contributed by atoms with E-state index in [0.29, 0.717) is 18.0 Å². The van der Waals surface area contributed by atoms with Crippen LogP contribution >= 0.6 is 0 Å². The molecule has 0 saturated carbocycles. The van der Waals surface area contributed by atoms with Crippen molar-refractivity contribution in [1.29, 1.82) is 0 Å². The number of ether oxygens (including phenoxy) is 1. The van der Waals surface area contributed by atoms with E-state index in [1.165, 1.54) is 7.11 Å². The van der Waals surface area contributed by atoms with Crippen LogP contribution < -0.4 is 15.6 Å². The number of methoxy groups -OCH3 is 1. The number of aromatic amines is 1. The SMILES string of the molecule is COc1cc(CNC(=O)Cc2cc3ccccc3[nH]c2=O)ccn1. The number of fused-ring (bicyclic) bond motifs is 1. The van der Waals surface area contributed by atoms with Crippen molar-refractivity contribution in [1.82, 2.24) is 15.3 Å². The average molecular weight is 323 g/mol. The lowest BCUT2D eigenvalue weighted by molar-refractivity contribution is -0.120. The molecule has 2 aromatic heterocycles. The van der Waals surface area contributed by atoms with E-state index < -0.39 is 0 Å². The van der Waals surface area contributed by atoms with E-state index in [-0.39, 0.29) is 17.9 Å². The predicted molar refractivity (Wildman–Crippen MR) is 90.9 cm³/mol. The molecule has 1 aromatic carbocycles. The summed E-state index contributed by atoms with van der Waals surface area (Å²) in [7, 11) is 1.54. The second kappa shape index (κ2) is 6.95. The van der Waals surface area contributed by atoms with E-state index in [1.54, 1.807) is 24.4 Å². The van der Waals surface area contributed by atoms with E-state index in [2.05, 4.69) is 15.3 Å². The van der Waals surface area contributed by atoms with Crippen LogP contribution in [0.5, 0.6) is 5.88 Å². The van der Waals surface area contributed by atoms with Gasteiger partial charge in [0.1, 0.15) is 0 Å². The molecule has 6 heteroatoms. The summed E-state index contributed by atoms with van der Waals surface area (Å²) in [5, 5.41) is 3.70. The minimum absolute atomic E-state index is 0.0301. The van der Waals surface area contributed by atoms with Gasteiger partial charge in [0.15, 0.2) is 0 Å². The summed E-state index contributed by atoms with van der Waals surface area (Å²) in [4.78, 5) is 31.0.